The number of hydrogen-bond acceptors (Lipinski definition) is 7. The van der Waals surface area contributed by atoms with Crippen molar-refractivity contribution in [3.63, 3.8) is 0 Å². The fourth-order valence-electron chi connectivity index (χ4n) is 7.81. The van der Waals surface area contributed by atoms with Crippen molar-refractivity contribution >= 4 is 29.5 Å². The minimum absolute atomic E-state index is 0.0680. The Morgan fingerprint density at radius 2 is 1.34 bits per heavy atom. The number of imidazole rings is 1. The number of ether oxygens (including phenoxy) is 1. The average Bonchev–Trinajstić information content (AvgIpc) is 4.03. The van der Waals surface area contributed by atoms with E-state index in [-0.39, 0.29) is 23.8 Å². The number of rotatable bonds is 11. The summed E-state index contributed by atoms with van der Waals surface area (Å²) in [6.07, 6.45) is 4.07. The van der Waals surface area contributed by atoms with Crippen molar-refractivity contribution in [2.75, 3.05) is 39.6 Å². The zero-order chi connectivity index (χ0) is 39.2. The summed E-state index contributed by atoms with van der Waals surface area (Å²) in [5, 5.41) is 5.75. The highest BCUT2D eigenvalue weighted by Crippen LogP contribution is 2.35. The van der Waals surface area contributed by atoms with Crippen molar-refractivity contribution in [2.24, 2.45) is 0 Å². The van der Waals surface area contributed by atoms with Crippen molar-refractivity contribution in [1.82, 2.24) is 30.0 Å². The van der Waals surface area contributed by atoms with Gasteiger partial charge >= 0.3 is 6.09 Å². The van der Waals surface area contributed by atoms with Gasteiger partial charge in [-0.25, -0.2) is 9.78 Å². The summed E-state index contributed by atoms with van der Waals surface area (Å²) in [4.78, 5) is 66.8. The molecular formula is C44H47N7O5. The molecule has 12 nitrogen and oxygen atoms in total. The molecule has 7 rings (SSSR count). The number of alkyl carbamates (subject to hydrolysis) is 1. The fraction of sp³-hybridized carbons (Fsp3) is 0.295. The van der Waals surface area contributed by atoms with E-state index in [1.807, 2.05) is 128 Å². The third kappa shape index (κ3) is 8.20. The molecule has 12 heteroatoms. The Morgan fingerprint density at radius 3 is 1.98 bits per heavy atom. The second-order valence-corrected chi connectivity index (χ2v) is 14.5. The van der Waals surface area contributed by atoms with Gasteiger partial charge in [-0.1, -0.05) is 97.1 Å². The van der Waals surface area contributed by atoms with Crippen molar-refractivity contribution in [2.45, 2.75) is 49.9 Å². The first-order valence-corrected chi connectivity index (χ1v) is 19.0. The van der Waals surface area contributed by atoms with Gasteiger partial charge in [-0.15, -0.1) is 0 Å². The second-order valence-electron chi connectivity index (χ2n) is 14.5. The van der Waals surface area contributed by atoms with E-state index in [1.165, 1.54) is 7.11 Å². The predicted molar refractivity (Wildman–Crippen MR) is 214 cm³/mol. The number of methoxy groups -OCH3 is 1. The number of H-pyrrole nitrogens is 1. The lowest BCUT2D eigenvalue weighted by atomic mass is 10.0. The Hall–Kier alpha value is -6.27. The standard InChI is InChI=1S/C44H47N7O5/c1-49(2)39(33-14-8-5-9-15-33)43(54)51-27-11-17-37(51)41(52)46-34-24-22-30(23-25-34)29-18-20-31(21-19-29)35-28-45-40(47-35)36-16-10-26-50(36)42(53)38(48-44(55)56-3)32-12-6-4-7-13-32/h4-9,12-15,18-25,28,36-39H,10-11,16-17,26-27H2,1-3H3,(H,45,47)(H,46,52)(H,48,55)/t36-,37?,38+,39+/m0/s1. The van der Waals surface area contributed by atoms with E-state index in [0.717, 1.165) is 47.2 Å². The third-order valence-corrected chi connectivity index (χ3v) is 10.7. The van der Waals surface area contributed by atoms with Crippen molar-refractivity contribution in [3.8, 4) is 22.4 Å². The van der Waals surface area contributed by atoms with Crippen molar-refractivity contribution in [1.29, 1.82) is 0 Å². The van der Waals surface area contributed by atoms with E-state index in [9.17, 15) is 19.2 Å². The van der Waals surface area contributed by atoms with E-state index >= 15 is 0 Å². The Morgan fingerprint density at radius 1 is 0.750 bits per heavy atom. The van der Waals surface area contributed by atoms with Gasteiger partial charge in [0.25, 0.3) is 5.91 Å². The third-order valence-electron chi connectivity index (χ3n) is 10.7. The highest BCUT2D eigenvalue weighted by molar-refractivity contribution is 5.98. The number of benzene rings is 4. The number of likely N-dealkylation sites (N-methyl/N-ethyl adjacent to an activating group) is 1. The molecule has 0 radical (unpaired) electrons. The van der Waals surface area contributed by atoms with Gasteiger partial charge in [-0.2, -0.15) is 0 Å². The van der Waals surface area contributed by atoms with Crippen LogP contribution in [0.2, 0.25) is 0 Å². The molecule has 3 heterocycles. The van der Waals surface area contributed by atoms with Gasteiger partial charge in [0.2, 0.25) is 11.8 Å². The Kier molecular flexibility index (Phi) is 11.6. The zero-order valence-electron chi connectivity index (χ0n) is 31.9. The molecule has 56 heavy (non-hydrogen) atoms. The summed E-state index contributed by atoms with van der Waals surface area (Å²) in [5.41, 5.74) is 6.02. The van der Waals surface area contributed by atoms with Crippen LogP contribution in [-0.2, 0) is 19.1 Å². The van der Waals surface area contributed by atoms with Crippen LogP contribution in [0.25, 0.3) is 22.4 Å². The molecule has 3 N–H and O–H groups in total. The Balaban J connectivity index is 0.988. The highest BCUT2D eigenvalue weighted by atomic mass is 16.5. The maximum Gasteiger partial charge on any atom is 0.407 e. The lowest BCUT2D eigenvalue weighted by molar-refractivity contribution is -0.140. The summed E-state index contributed by atoms with van der Waals surface area (Å²) in [5.74, 6) is 0.221. The van der Waals surface area contributed by atoms with Crippen LogP contribution in [0.5, 0.6) is 0 Å². The van der Waals surface area contributed by atoms with Crippen molar-refractivity contribution < 1.29 is 23.9 Å². The lowest BCUT2D eigenvalue weighted by Gasteiger charge is -2.31. The van der Waals surface area contributed by atoms with Gasteiger partial charge in [0.15, 0.2) is 0 Å². The molecule has 4 atom stereocenters. The number of aromatic nitrogens is 2. The number of nitrogens with zero attached hydrogens (tertiary/aromatic N) is 4. The van der Waals surface area contributed by atoms with Gasteiger partial charge in [0.05, 0.1) is 25.0 Å². The molecule has 4 amide bonds. The quantitative estimate of drug-likeness (QED) is 0.136. The molecule has 1 unspecified atom stereocenters. The maximum atomic E-state index is 13.9. The molecule has 0 spiro atoms. The van der Waals surface area contributed by atoms with Crippen LogP contribution in [0.15, 0.2) is 115 Å². The summed E-state index contributed by atoms with van der Waals surface area (Å²) in [7, 11) is 5.05. The molecule has 0 bridgehead atoms. The summed E-state index contributed by atoms with van der Waals surface area (Å²) < 4.78 is 4.82. The number of likely N-dealkylation sites (tertiary alicyclic amines) is 2. The van der Waals surface area contributed by atoms with Gasteiger partial charge < -0.3 is 30.2 Å². The Bertz CT molecular complexity index is 2140. The first-order valence-electron chi connectivity index (χ1n) is 19.0. The van der Waals surface area contributed by atoms with E-state index in [0.29, 0.717) is 36.6 Å². The molecule has 0 aliphatic carbocycles. The van der Waals surface area contributed by atoms with Crippen molar-refractivity contribution in [3.05, 3.63) is 132 Å². The van der Waals surface area contributed by atoms with Crippen LogP contribution in [0.3, 0.4) is 0 Å². The molecular weight excluding hydrogens is 707 g/mol. The molecule has 4 aromatic carbocycles. The number of carbonyl (C=O) groups is 4. The first kappa shape index (κ1) is 38.0. The molecule has 0 saturated carbocycles. The van der Waals surface area contributed by atoms with Gasteiger partial charge in [0.1, 0.15) is 23.9 Å². The smallest absolute Gasteiger partial charge is 0.407 e. The molecule has 5 aromatic rings. The molecule has 2 aliphatic heterocycles. The van der Waals surface area contributed by atoms with Gasteiger partial charge in [-0.3, -0.25) is 19.3 Å². The van der Waals surface area contributed by atoms with Crippen LogP contribution in [-0.4, -0.2) is 88.8 Å². The number of nitrogens with one attached hydrogen (secondary N) is 3. The maximum absolute atomic E-state index is 13.9. The number of carbonyl (C=O) groups excluding carboxylic acids is 4. The van der Waals surface area contributed by atoms with Crippen LogP contribution in [0.4, 0.5) is 10.5 Å². The number of anilines is 1. The number of hydrogen-bond donors (Lipinski definition) is 3. The van der Waals surface area contributed by atoms with Crippen LogP contribution in [0.1, 0.15) is 60.8 Å². The first-order chi connectivity index (χ1) is 27.2. The second kappa shape index (κ2) is 17.0. The normalized spacial score (nSPS) is 17.7. The predicted octanol–water partition coefficient (Wildman–Crippen LogP) is 6.74. The van der Waals surface area contributed by atoms with Crippen LogP contribution < -0.4 is 10.6 Å². The topological polar surface area (TPSA) is 140 Å². The van der Waals surface area contributed by atoms with Gasteiger partial charge in [-0.05, 0) is 79.7 Å². The highest BCUT2D eigenvalue weighted by Gasteiger charge is 2.39. The van der Waals surface area contributed by atoms with Crippen LogP contribution in [0, 0.1) is 0 Å². The largest absolute Gasteiger partial charge is 0.453 e. The summed E-state index contributed by atoms with van der Waals surface area (Å²) in [6, 6.07) is 32.5. The van der Waals surface area contributed by atoms with E-state index in [1.54, 1.807) is 16.0 Å². The summed E-state index contributed by atoms with van der Waals surface area (Å²) >= 11 is 0. The van der Waals surface area contributed by atoms with E-state index in [2.05, 4.69) is 20.6 Å². The summed E-state index contributed by atoms with van der Waals surface area (Å²) in [6.45, 7) is 1.10. The molecule has 1 aromatic heterocycles. The SMILES string of the molecule is COC(=O)N[C@@H](C(=O)N1CCC[C@H]1c1ncc(-c2ccc(-c3ccc(NC(=O)C4CCCN4C(=O)[C@@H](c4ccccc4)N(C)C)cc3)cc2)[nH]1)c1ccccc1. The number of amides is 4. The van der Waals surface area contributed by atoms with Gasteiger partial charge in [0, 0.05) is 18.8 Å². The molecule has 2 fully saturated rings. The average molecular weight is 754 g/mol. The molecule has 2 saturated heterocycles. The minimum Gasteiger partial charge on any atom is -0.453 e. The van der Waals surface area contributed by atoms with E-state index in [4.69, 9.17) is 4.74 Å². The van der Waals surface area contributed by atoms with Crippen LogP contribution >= 0.6 is 0 Å². The molecule has 2 aliphatic rings. The number of aromatic amines is 1. The Labute approximate surface area is 326 Å². The fourth-order valence-corrected chi connectivity index (χ4v) is 7.81. The molecule has 288 valence electrons. The minimum atomic E-state index is -0.883. The zero-order valence-corrected chi connectivity index (χ0v) is 31.9. The lowest BCUT2D eigenvalue weighted by Crippen LogP contribution is -2.47. The monoisotopic (exact) mass is 753 g/mol. The van der Waals surface area contributed by atoms with E-state index < -0.39 is 24.2 Å².